The lowest BCUT2D eigenvalue weighted by molar-refractivity contribution is -0.126. The van der Waals surface area contributed by atoms with Gasteiger partial charge in [-0.2, -0.15) is 0 Å². The van der Waals surface area contributed by atoms with Gasteiger partial charge in [-0.3, -0.25) is 0 Å². The van der Waals surface area contributed by atoms with Gasteiger partial charge < -0.3 is 9.84 Å². The molecule has 0 atom stereocenters. The lowest BCUT2D eigenvalue weighted by atomic mass is 9.74. The molecule has 16 heavy (non-hydrogen) atoms. The summed E-state index contributed by atoms with van der Waals surface area (Å²) < 4.78 is 5.15. The molecule has 0 unspecified atom stereocenters. The Hall–Kier alpha value is -0.280. The smallest absolute Gasteiger partial charge is 0.0737 e. The van der Waals surface area contributed by atoms with Crippen LogP contribution in [0.5, 0.6) is 0 Å². The van der Waals surface area contributed by atoms with Crippen LogP contribution in [0.2, 0.25) is 10.0 Å². The molecule has 1 fully saturated rings. The minimum absolute atomic E-state index is 0.169. The van der Waals surface area contributed by atoms with E-state index in [0.29, 0.717) is 29.3 Å². The van der Waals surface area contributed by atoms with Gasteiger partial charge in [0.1, 0.15) is 0 Å². The monoisotopic (exact) mass is 260 g/mol. The zero-order valence-corrected chi connectivity index (χ0v) is 10.6. The number of hydrogen-bond donors (Lipinski definition) is 1. The summed E-state index contributed by atoms with van der Waals surface area (Å²) in [7, 11) is 1.66. The van der Waals surface area contributed by atoms with Crippen molar-refractivity contribution in [2.75, 3.05) is 7.11 Å². The maximum absolute atomic E-state index is 10.2. The van der Waals surface area contributed by atoms with E-state index in [-0.39, 0.29) is 6.10 Å². The molecular formula is C12H14Cl2O2. The maximum Gasteiger partial charge on any atom is 0.0737 e. The van der Waals surface area contributed by atoms with Crippen molar-refractivity contribution in [3.8, 4) is 0 Å². The van der Waals surface area contributed by atoms with E-state index in [9.17, 15) is 5.11 Å². The van der Waals surface area contributed by atoms with E-state index in [1.165, 1.54) is 0 Å². The van der Waals surface area contributed by atoms with Gasteiger partial charge in [-0.1, -0.05) is 23.2 Å². The summed E-state index contributed by atoms with van der Waals surface area (Å²) in [6.45, 7) is 0. The molecular weight excluding hydrogens is 247 g/mol. The zero-order chi connectivity index (χ0) is 11.8. The molecule has 2 rings (SSSR count). The molecule has 0 spiro atoms. The van der Waals surface area contributed by atoms with Crippen LogP contribution >= 0.6 is 23.2 Å². The fourth-order valence-corrected chi connectivity index (χ4v) is 2.51. The van der Waals surface area contributed by atoms with Crippen LogP contribution in [0.15, 0.2) is 18.2 Å². The Kier molecular flexibility index (Phi) is 3.45. The normalized spacial score (nSPS) is 28.9. The Balaban J connectivity index is 2.07. The summed E-state index contributed by atoms with van der Waals surface area (Å²) in [4.78, 5) is 0. The number of hydrogen-bond acceptors (Lipinski definition) is 2. The van der Waals surface area contributed by atoms with Gasteiger partial charge in [0.15, 0.2) is 0 Å². The van der Waals surface area contributed by atoms with Crippen molar-refractivity contribution in [1.82, 2.24) is 0 Å². The Morgan fingerprint density at radius 1 is 1.44 bits per heavy atom. The van der Waals surface area contributed by atoms with E-state index < -0.39 is 5.60 Å². The van der Waals surface area contributed by atoms with E-state index in [1.807, 2.05) is 6.07 Å². The first-order valence-electron chi connectivity index (χ1n) is 5.21. The minimum atomic E-state index is -0.686. The van der Waals surface area contributed by atoms with Gasteiger partial charge in [-0.05, 0) is 23.8 Å². The molecule has 0 heterocycles. The van der Waals surface area contributed by atoms with Crippen LogP contribution in [0.25, 0.3) is 0 Å². The van der Waals surface area contributed by atoms with Gasteiger partial charge in [-0.25, -0.2) is 0 Å². The van der Waals surface area contributed by atoms with Crippen LogP contribution in [-0.2, 0) is 11.2 Å². The van der Waals surface area contributed by atoms with Gasteiger partial charge >= 0.3 is 0 Å². The highest BCUT2D eigenvalue weighted by atomic mass is 35.5. The van der Waals surface area contributed by atoms with Gasteiger partial charge in [0, 0.05) is 36.4 Å². The molecule has 1 N–H and O–H groups in total. The van der Waals surface area contributed by atoms with Gasteiger partial charge in [0.05, 0.1) is 11.7 Å². The third-order valence-corrected chi connectivity index (χ3v) is 3.68. The van der Waals surface area contributed by atoms with Crippen molar-refractivity contribution in [2.24, 2.45) is 0 Å². The molecule has 0 aliphatic heterocycles. The Morgan fingerprint density at radius 3 is 2.75 bits per heavy atom. The number of aliphatic hydroxyl groups is 1. The van der Waals surface area contributed by atoms with E-state index in [1.54, 1.807) is 19.2 Å². The van der Waals surface area contributed by atoms with Crippen molar-refractivity contribution in [2.45, 2.75) is 31.0 Å². The molecule has 0 bridgehead atoms. The quantitative estimate of drug-likeness (QED) is 0.906. The van der Waals surface area contributed by atoms with Crippen LogP contribution in [0, 0.1) is 0 Å². The predicted octanol–water partition coefficient (Wildman–Crippen LogP) is 3.08. The van der Waals surface area contributed by atoms with Crippen LogP contribution in [0.4, 0.5) is 0 Å². The number of ether oxygens (including phenoxy) is 1. The van der Waals surface area contributed by atoms with Crippen LogP contribution in [0.1, 0.15) is 18.4 Å². The van der Waals surface area contributed by atoms with Crippen molar-refractivity contribution in [3.63, 3.8) is 0 Å². The standard InChI is InChI=1S/C12H14Cl2O2/c1-16-10-6-12(15,7-10)5-8-4-9(13)2-3-11(8)14/h2-4,10,15H,5-7H2,1H3. The molecule has 4 heteroatoms. The van der Waals surface area contributed by atoms with Crippen LogP contribution in [-0.4, -0.2) is 23.9 Å². The van der Waals surface area contributed by atoms with E-state index in [4.69, 9.17) is 27.9 Å². The predicted molar refractivity (Wildman–Crippen MR) is 65.1 cm³/mol. The second-order valence-electron chi connectivity index (χ2n) is 4.40. The summed E-state index contributed by atoms with van der Waals surface area (Å²) >= 11 is 12.0. The highest BCUT2D eigenvalue weighted by molar-refractivity contribution is 6.33. The summed E-state index contributed by atoms with van der Waals surface area (Å²) in [5.41, 5.74) is 0.209. The Labute approximate surface area is 105 Å². The molecule has 0 saturated heterocycles. The van der Waals surface area contributed by atoms with Crippen LogP contribution in [0.3, 0.4) is 0 Å². The molecule has 0 aromatic heterocycles. The maximum atomic E-state index is 10.2. The molecule has 0 amide bonds. The highest BCUT2D eigenvalue weighted by Gasteiger charge is 2.43. The largest absolute Gasteiger partial charge is 0.389 e. The molecule has 1 aliphatic rings. The molecule has 1 aromatic rings. The molecule has 0 radical (unpaired) electrons. The molecule has 1 saturated carbocycles. The average molecular weight is 261 g/mol. The van der Waals surface area contributed by atoms with E-state index in [0.717, 1.165) is 5.56 Å². The Morgan fingerprint density at radius 2 is 2.12 bits per heavy atom. The molecule has 1 aliphatic carbocycles. The van der Waals surface area contributed by atoms with Crippen LogP contribution < -0.4 is 0 Å². The minimum Gasteiger partial charge on any atom is -0.389 e. The summed E-state index contributed by atoms with van der Waals surface area (Å²) in [6, 6.07) is 5.31. The van der Waals surface area contributed by atoms with E-state index >= 15 is 0 Å². The first-order valence-corrected chi connectivity index (χ1v) is 5.97. The fraction of sp³-hybridized carbons (Fsp3) is 0.500. The average Bonchev–Trinajstić information content (AvgIpc) is 2.19. The first-order chi connectivity index (χ1) is 7.52. The lowest BCUT2D eigenvalue weighted by Crippen LogP contribution is -2.49. The molecule has 88 valence electrons. The van der Waals surface area contributed by atoms with Crippen molar-refractivity contribution in [1.29, 1.82) is 0 Å². The van der Waals surface area contributed by atoms with Gasteiger partial charge in [0.2, 0.25) is 0 Å². The van der Waals surface area contributed by atoms with Crippen molar-refractivity contribution in [3.05, 3.63) is 33.8 Å². The van der Waals surface area contributed by atoms with Gasteiger partial charge in [-0.15, -0.1) is 0 Å². The topological polar surface area (TPSA) is 29.5 Å². The third kappa shape index (κ3) is 2.51. The number of methoxy groups -OCH3 is 1. The highest BCUT2D eigenvalue weighted by Crippen LogP contribution is 2.38. The second-order valence-corrected chi connectivity index (χ2v) is 5.25. The Bertz CT molecular complexity index is 387. The van der Waals surface area contributed by atoms with Crippen molar-refractivity contribution < 1.29 is 9.84 Å². The van der Waals surface area contributed by atoms with Crippen molar-refractivity contribution >= 4 is 23.2 Å². The number of benzene rings is 1. The zero-order valence-electron chi connectivity index (χ0n) is 9.04. The summed E-state index contributed by atoms with van der Waals surface area (Å²) in [6.07, 6.45) is 2.02. The lowest BCUT2D eigenvalue weighted by Gasteiger charge is -2.43. The second kappa shape index (κ2) is 4.53. The third-order valence-electron chi connectivity index (χ3n) is 3.08. The van der Waals surface area contributed by atoms with Gasteiger partial charge in [0.25, 0.3) is 0 Å². The van der Waals surface area contributed by atoms with E-state index in [2.05, 4.69) is 0 Å². The number of rotatable bonds is 3. The fourth-order valence-electron chi connectivity index (χ4n) is 2.13. The SMILES string of the molecule is COC1CC(O)(Cc2cc(Cl)ccc2Cl)C1. The number of halogens is 2. The molecule has 2 nitrogen and oxygen atoms in total. The first kappa shape index (κ1) is 12.2. The summed E-state index contributed by atoms with van der Waals surface area (Å²) in [5.74, 6) is 0. The molecule has 1 aromatic carbocycles. The summed E-state index contributed by atoms with van der Waals surface area (Å²) in [5, 5.41) is 11.5.